The fraction of sp³-hybridized carbons (Fsp3) is 0.417. The van der Waals surface area contributed by atoms with Crippen LogP contribution in [0.5, 0.6) is 0 Å². The number of tetrazole rings is 1. The summed E-state index contributed by atoms with van der Waals surface area (Å²) < 4.78 is 0. The van der Waals surface area contributed by atoms with Gasteiger partial charge in [-0.3, -0.25) is 0 Å². The van der Waals surface area contributed by atoms with E-state index in [0.29, 0.717) is 0 Å². The van der Waals surface area contributed by atoms with Crippen molar-refractivity contribution in [2.45, 2.75) is 31.1 Å². The van der Waals surface area contributed by atoms with Crippen LogP contribution in [0.4, 0.5) is 0 Å². The van der Waals surface area contributed by atoms with Gasteiger partial charge in [-0.05, 0) is 18.4 Å². The maximum Gasteiger partial charge on any atom is 0.185 e. The number of aromatic nitrogens is 4. The smallest absolute Gasteiger partial charge is 0.177 e. The minimum Gasteiger partial charge on any atom is -0.177 e. The second-order valence-corrected chi connectivity index (χ2v) is 4.39. The summed E-state index contributed by atoms with van der Waals surface area (Å²) in [5.41, 5.74) is 1.31. The molecule has 0 radical (unpaired) electrons. The summed E-state index contributed by atoms with van der Waals surface area (Å²) in [5.74, 6) is 0.844. The lowest BCUT2D eigenvalue weighted by Gasteiger charge is -2.25. The quantitative estimate of drug-likeness (QED) is 0.832. The molecule has 0 atom stereocenters. The SMILES string of the molecule is c1ccc(C2(c3nn[nH]n3)CCCC2)cc1. The van der Waals surface area contributed by atoms with E-state index in [4.69, 9.17) is 0 Å². The molecule has 1 N–H and O–H groups in total. The lowest BCUT2D eigenvalue weighted by molar-refractivity contribution is 0.500. The van der Waals surface area contributed by atoms with Crippen molar-refractivity contribution in [2.75, 3.05) is 0 Å². The standard InChI is InChI=1S/C12H14N4/c1-2-6-10(7-3-1)12(8-4-5-9-12)11-13-15-16-14-11/h1-3,6-7H,4-5,8-9H2,(H,13,14,15,16). The van der Waals surface area contributed by atoms with E-state index in [-0.39, 0.29) is 5.41 Å². The van der Waals surface area contributed by atoms with Gasteiger partial charge in [-0.25, -0.2) is 0 Å². The zero-order valence-corrected chi connectivity index (χ0v) is 9.06. The zero-order chi connectivity index (χ0) is 10.8. The highest BCUT2D eigenvalue weighted by Crippen LogP contribution is 2.44. The van der Waals surface area contributed by atoms with Crippen LogP contribution in [0, 0.1) is 0 Å². The maximum atomic E-state index is 4.20. The highest BCUT2D eigenvalue weighted by molar-refractivity contribution is 5.33. The van der Waals surface area contributed by atoms with Gasteiger partial charge in [0.15, 0.2) is 5.82 Å². The summed E-state index contributed by atoms with van der Waals surface area (Å²) in [6, 6.07) is 10.5. The molecular formula is C12H14N4. The summed E-state index contributed by atoms with van der Waals surface area (Å²) in [6.45, 7) is 0. The molecule has 1 fully saturated rings. The Hall–Kier alpha value is -1.71. The maximum absolute atomic E-state index is 4.20. The van der Waals surface area contributed by atoms with Gasteiger partial charge in [0.1, 0.15) is 0 Å². The van der Waals surface area contributed by atoms with Crippen LogP contribution >= 0.6 is 0 Å². The van der Waals surface area contributed by atoms with Gasteiger partial charge in [0.2, 0.25) is 0 Å². The third kappa shape index (κ3) is 1.33. The van der Waals surface area contributed by atoms with E-state index in [9.17, 15) is 0 Å². The van der Waals surface area contributed by atoms with Crippen molar-refractivity contribution in [1.82, 2.24) is 20.6 Å². The van der Waals surface area contributed by atoms with E-state index in [0.717, 1.165) is 18.7 Å². The minimum atomic E-state index is -0.00569. The molecular weight excluding hydrogens is 200 g/mol. The van der Waals surface area contributed by atoms with Crippen molar-refractivity contribution >= 4 is 0 Å². The van der Waals surface area contributed by atoms with Gasteiger partial charge in [0.25, 0.3) is 0 Å². The minimum absolute atomic E-state index is 0.00569. The summed E-state index contributed by atoms with van der Waals surface area (Å²) in [6.07, 6.45) is 4.72. The van der Waals surface area contributed by atoms with E-state index < -0.39 is 0 Å². The molecule has 1 aromatic heterocycles. The average molecular weight is 214 g/mol. The third-order valence-electron chi connectivity index (χ3n) is 3.56. The predicted molar refractivity (Wildman–Crippen MR) is 59.9 cm³/mol. The lowest BCUT2D eigenvalue weighted by atomic mass is 9.78. The molecule has 0 aliphatic heterocycles. The number of benzene rings is 1. The van der Waals surface area contributed by atoms with Crippen molar-refractivity contribution in [1.29, 1.82) is 0 Å². The Kier molecular flexibility index (Phi) is 2.20. The van der Waals surface area contributed by atoms with Crippen LogP contribution in [0.2, 0.25) is 0 Å². The van der Waals surface area contributed by atoms with Crippen LogP contribution in [0.25, 0.3) is 0 Å². The highest BCUT2D eigenvalue weighted by Gasteiger charge is 2.40. The topological polar surface area (TPSA) is 54.5 Å². The molecule has 0 amide bonds. The zero-order valence-electron chi connectivity index (χ0n) is 9.06. The Morgan fingerprint density at radius 1 is 1.06 bits per heavy atom. The van der Waals surface area contributed by atoms with Crippen molar-refractivity contribution in [3.05, 3.63) is 41.7 Å². The van der Waals surface area contributed by atoms with Crippen LogP contribution < -0.4 is 0 Å². The summed E-state index contributed by atoms with van der Waals surface area (Å²) in [5, 5.41) is 14.7. The fourth-order valence-electron chi connectivity index (χ4n) is 2.74. The lowest BCUT2D eigenvalue weighted by Crippen LogP contribution is -2.25. The van der Waals surface area contributed by atoms with Crippen molar-refractivity contribution in [3.63, 3.8) is 0 Å². The van der Waals surface area contributed by atoms with E-state index in [1.54, 1.807) is 0 Å². The highest BCUT2D eigenvalue weighted by atomic mass is 15.5. The summed E-state index contributed by atoms with van der Waals surface area (Å²) >= 11 is 0. The van der Waals surface area contributed by atoms with Crippen LogP contribution in [0.1, 0.15) is 37.1 Å². The molecule has 4 nitrogen and oxygen atoms in total. The molecule has 16 heavy (non-hydrogen) atoms. The number of nitrogens with zero attached hydrogens (tertiary/aromatic N) is 3. The van der Waals surface area contributed by atoms with E-state index in [2.05, 4.69) is 44.9 Å². The Balaban J connectivity index is 2.11. The molecule has 2 aromatic rings. The molecule has 1 aromatic carbocycles. The summed E-state index contributed by atoms with van der Waals surface area (Å²) in [7, 11) is 0. The van der Waals surface area contributed by atoms with Crippen LogP contribution in [0.3, 0.4) is 0 Å². The third-order valence-corrected chi connectivity index (χ3v) is 3.56. The summed E-state index contributed by atoms with van der Waals surface area (Å²) in [4.78, 5) is 0. The first-order valence-electron chi connectivity index (χ1n) is 5.71. The molecule has 4 heteroatoms. The first-order valence-corrected chi connectivity index (χ1v) is 5.71. The largest absolute Gasteiger partial charge is 0.185 e. The molecule has 1 aliphatic rings. The van der Waals surface area contributed by atoms with Gasteiger partial charge in [0, 0.05) is 0 Å². The molecule has 0 bridgehead atoms. The van der Waals surface area contributed by atoms with Crippen LogP contribution in [-0.4, -0.2) is 20.6 Å². The second-order valence-electron chi connectivity index (χ2n) is 4.39. The fourth-order valence-corrected chi connectivity index (χ4v) is 2.74. The number of hydrogen-bond acceptors (Lipinski definition) is 3. The van der Waals surface area contributed by atoms with E-state index in [1.807, 2.05) is 6.07 Å². The van der Waals surface area contributed by atoms with Gasteiger partial charge in [-0.15, -0.1) is 10.2 Å². The second kappa shape index (κ2) is 3.70. The van der Waals surface area contributed by atoms with Gasteiger partial charge in [0.05, 0.1) is 5.41 Å². The molecule has 1 heterocycles. The van der Waals surface area contributed by atoms with E-state index in [1.165, 1.54) is 18.4 Å². The molecule has 3 rings (SSSR count). The molecule has 0 unspecified atom stereocenters. The predicted octanol–water partition coefficient (Wildman–Crippen LogP) is 2.06. The molecule has 1 saturated carbocycles. The average Bonchev–Trinajstić information content (AvgIpc) is 3.02. The van der Waals surface area contributed by atoms with Crippen LogP contribution in [0.15, 0.2) is 30.3 Å². The first kappa shape index (κ1) is 9.51. The number of rotatable bonds is 2. The normalized spacial score (nSPS) is 18.8. The van der Waals surface area contributed by atoms with E-state index >= 15 is 0 Å². The van der Waals surface area contributed by atoms with Gasteiger partial charge < -0.3 is 0 Å². The van der Waals surface area contributed by atoms with Gasteiger partial charge >= 0.3 is 0 Å². The number of nitrogens with one attached hydrogen (secondary N) is 1. The monoisotopic (exact) mass is 214 g/mol. The first-order chi connectivity index (χ1) is 7.92. The molecule has 0 spiro atoms. The van der Waals surface area contributed by atoms with Crippen molar-refractivity contribution in [2.24, 2.45) is 0 Å². The Bertz CT molecular complexity index is 443. The molecule has 1 aliphatic carbocycles. The van der Waals surface area contributed by atoms with Gasteiger partial charge in [-0.1, -0.05) is 48.4 Å². The van der Waals surface area contributed by atoms with Crippen LogP contribution in [-0.2, 0) is 5.41 Å². The molecule has 0 saturated heterocycles. The number of H-pyrrole nitrogens is 1. The molecule has 82 valence electrons. The number of aromatic amines is 1. The Morgan fingerprint density at radius 3 is 2.44 bits per heavy atom. The van der Waals surface area contributed by atoms with Crippen molar-refractivity contribution in [3.8, 4) is 0 Å². The Morgan fingerprint density at radius 2 is 1.81 bits per heavy atom. The van der Waals surface area contributed by atoms with Gasteiger partial charge in [-0.2, -0.15) is 5.21 Å². The van der Waals surface area contributed by atoms with Crippen molar-refractivity contribution < 1.29 is 0 Å². The number of hydrogen-bond donors (Lipinski definition) is 1. The Labute approximate surface area is 94.1 Å².